The largest absolute Gasteiger partial charge is 0.300 e. The first-order valence-electron chi connectivity index (χ1n) is 6.71. The van der Waals surface area contributed by atoms with E-state index in [1.54, 1.807) is 0 Å². The van der Waals surface area contributed by atoms with Crippen LogP contribution in [0.5, 0.6) is 0 Å². The third-order valence-corrected chi connectivity index (χ3v) is 2.99. The van der Waals surface area contributed by atoms with Crippen LogP contribution in [0.4, 0.5) is 0 Å². The van der Waals surface area contributed by atoms with E-state index in [2.05, 4.69) is 24.3 Å². The van der Waals surface area contributed by atoms with Gasteiger partial charge in [0.1, 0.15) is 5.78 Å². The summed E-state index contributed by atoms with van der Waals surface area (Å²) < 4.78 is 0. The van der Waals surface area contributed by atoms with Crippen molar-refractivity contribution < 1.29 is 4.79 Å². The maximum absolute atomic E-state index is 11.5. The molecule has 1 aliphatic carbocycles. The topological polar surface area (TPSA) is 17.1 Å². The highest BCUT2D eigenvalue weighted by Gasteiger charge is 1.99. The Bertz CT molecular complexity index is 238. The van der Waals surface area contributed by atoms with Crippen molar-refractivity contribution in [1.29, 1.82) is 0 Å². The molecule has 0 aromatic carbocycles. The van der Waals surface area contributed by atoms with E-state index in [4.69, 9.17) is 0 Å². The zero-order chi connectivity index (χ0) is 11.5. The van der Waals surface area contributed by atoms with Crippen LogP contribution in [0.15, 0.2) is 24.3 Å². The Morgan fingerprint density at radius 2 is 1.19 bits per heavy atom. The first kappa shape index (κ1) is 13.2. The number of ketones is 1. The zero-order valence-corrected chi connectivity index (χ0v) is 10.3. The normalized spacial score (nSPS) is 21.4. The summed E-state index contributed by atoms with van der Waals surface area (Å²) in [6.45, 7) is 0. The van der Waals surface area contributed by atoms with Crippen molar-refractivity contribution in [2.24, 2.45) is 0 Å². The van der Waals surface area contributed by atoms with Gasteiger partial charge in [0.2, 0.25) is 0 Å². The average Bonchev–Trinajstić information content (AvgIpc) is 2.29. The molecule has 0 aromatic rings. The molecule has 16 heavy (non-hydrogen) atoms. The van der Waals surface area contributed by atoms with Crippen LogP contribution in [0.2, 0.25) is 0 Å². The van der Waals surface area contributed by atoms with Gasteiger partial charge in [-0.3, -0.25) is 4.79 Å². The molecule has 0 radical (unpaired) electrons. The number of hydrogen-bond donors (Lipinski definition) is 0. The lowest BCUT2D eigenvalue weighted by atomic mass is 10.1. The minimum absolute atomic E-state index is 0.424. The number of carbonyl (C=O) groups excluding carboxylic acids is 1. The summed E-state index contributed by atoms with van der Waals surface area (Å²) in [5, 5.41) is 0. The molecule has 1 nitrogen and oxygen atoms in total. The molecule has 0 unspecified atom stereocenters. The van der Waals surface area contributed by atoms with Crippen molar-refractivity contribution in [3.8, 4) is 0 Å². The molecule has 1 aliphatic rings. The van der Waals surface area contributed by atoms with E-state index in [-0.39, 0.29) is 0 Å². The molecule has 90 valence electrons. The van der Waals surface area contributed by atoms with E-state index >= 15 is 0 Å². The number of rotatable bonds is 0. The van der Waals surface area contributed by atoms with E-state index in [0.717, 1.165) is 32.1 Å². The first-order chi connectivity index (χ1) is 7.89. The van der Waals surface area contributed by atoms with Crippen molar-refractivity contribution in [3.63, 3.8) is 0 Å². The highest BCUT2D eigenvalue weighted by molar-refractivity contribution is 5.78. The van der Waals surface area contributed by atoms with Crippen molar-refractivity contribution in [3.05, 3.63) is 24.3 Å². The number of carbonyl (C=O) groups is 1. The summed E-state index contributed by atoms with van der Waals surface area (Å²) in [6, 6.07) is 0. The molecule has 0 saturated carbocycles. The number of hydrogen-bond acceptors (Lipinski definition) is 1. The predicted octanol–water partition coefficient (Wildman–Crippen LogP) is 4.58. The summed E-state index contributed by atoms with van der Waals surface area (Å²) in [5.41, 5.74) is 0. The lowest BCUT2D eigenvalue weighted by Gasteiger charge is -1.96. The van der Waals surface area contributed by atoms with Gasteiger partial charge >= 0.3 is 0 Å². The highest BCUT2D eigenvalue weighted by atomic mass is 16.1. The molecule has 0 aliphatic heterocycles. The van der Waals surface area contributed by atoms with Crippen molar-refractivity contribution in [2.45, 2.75) is 64.2 Å². The monoisotopic (exact) mass is 220 g/mol. The van der Waals surface area contributed by atoms with Gasteiger partial charge in [-0.2, -0.15) is 0 Å². The SMILES string of the molecule is O=C1CCC=CCCCCCC=CCCC1. The fourth-order valence-electron chi connectivity index (χ4n) is 1.96. The second kappa shape index (κ2) is 9.38. The minimum Gasteiger partial charge on any atom is -0.300 e. The summed E-state index contributed by atoms with van der Waals surface area (Å²) >= 11 is 0. The van der Waals surface area contributed by atoms with Gasteiger partial charge in [-0.05, 0) is 44.9 Å². The van der Waals surface area contributed by atoms with Gasteiger partial charge in [-0.15, -0.1) is 0 Å². The molecule has 0 atom stereocenters. The smallest absolute Gasteiger partial charge is 0.133 e. The van der Waals surface area contributed by atoms with Crippen LogP contribution in [0.3, 0.4) is 0 Å². The molecule has 0 heterocycles. The lowest BCUT2D eigenvalue weighted by molar-refractivity contribution is -0.119. The van der Waals surface area contributed by atoms with Gasteiger partial charge in [0, 0.05) is 12.8 Å². The van der Waals surface area contributed by atoms with E-state index in [9.17, 15) is 4.79 Å². The van der Waals surface area contributed by atoms with Crippen LogP contribution in [0, 0.1) is 0 Å². The Morgan fingerprint density at radius 1 is 0.625 bits per heavy atom. The van der Waals surface area contributed by atoms with E-state index in [1.807, 2.05) is 0 Å². The maximum Gasteiger partial charge on any atom is 0.133 e. The molecule has 0 aromatic heterocycles. The molecule has 1 heteroatoms. The second-order valence-corrected chi connectivity index (χ2v) is 4.55. The Morgan fingerprint density at radius 3 is 1.88 bits per heavy atom. The molecule has 0 spiro atoms. The third kappa shape index (κ3) is 7.44. The molecule has 0 saturated heterocycles. The lowest BCUT2D eigenvalue weighted by Crippen LogP contribution is -1.95. The Balaban J connectivity index is 2.28. The quantitative estimate of drug-likeness (QED) is 0.546. The minimum atomic E-state index is 0.424. The van der Waals surface area contributed by atoms with Gasteiger partial charge in [0.05, 0.1) is 0 Å². The molecule has 1 rings (SSSR count). The van der Waals surface area contributed by atoms with Crippen LogP contribution >= 0.6 is 0 Å². The first-order valence-corrected chi connectivity index (χ1v) is 6.71. The van der Waals surface area contributed by atoms with Crippen LogP contribution in [-0.2, 0) is 4.79 Å². The molecular weight excluding hydrogens is 196 g/mol. The standard InChI is InChI=1S/C15H24O/c16-15-13-11-9-7-5-3-1-2-4-6-8-10-12-14-15/h5,7-8,10H,1-4,6,9,11-14H2. The highest BCUT2D eigenvalue weighted by Crippen LogP contribution is 2.08. The molecule has 0 amide bonds. The van der Waals surface area contributed by atoms with Gasteiger partial charge in [0.25, 0.3) is 0 Å². The van der Waals surface area contributed by atoms with Gasteiger partial charge in [0.15, 0.2) is 0 Å². The molecule has 0 N–H and O–H groups in total. The number of allylic oxidation sites excluding steroid dienone is 4. The van der Waals surface area contributed by atoms with Crippen LogP contribution in [0.25, 0.3) is 0 Å². The summed E-state index contributed by atoms with van der Waals surface area (Å²) in [7, 11) is 0. The van der Waals surface area contributed by atoms with E-state index in [1.165, 1.54) is 32.1 Å². The Hall–Kier alpha value is -0.850. The Labute approximate surface area is 99.6 Å². The van der Waals surface area contributed by atoms with Gasteiger partial charge in [-0.1, -0.05) is 30.7 Å². The summed E-state index contributed by atoms with van der Waals surface area (Å²) in [4.78, 5) is 11.5. The molecule has 0 fully saturated rings. The van der Waals surface area contributed by atoms with Crippen molar-refractivity contribution in [2.75, 3.05) is 0 Å². The zero-order valence-electron chi connectivity index (χ0n) is 10.3. The van der Waals surface area contributed by atoms with Gasteiger partial charge in [-0.25, -0.2) is 0 Å². The van der Waals surface area contributed by atoms with Gasteiger partial charge < -0.3 is 0 Å². The summed E-state index contributed by atoms with van der Waals surface area (Å²) in [6.07, 6.45) is 19.8. The van der Waals surface area contributed by atoms with Crippen LogP contribution in [0.1, 0.15) is 64.2 Å². The van der Waals surface area contributed by atoms with E-state index in [0.29, 0.717) is 5.78 Å². The Kier molecular flexibility index (Phi) is 7.75. The summed E-state index contributed by atoms with van der Waals surface area (Å²) in [5.74, 6) is 0.424. The van der Waals surface area contributed by atoms with Crippen molar-refractivity contribution in [1.82, 2.24) is 0 Å². The number of Topliss-reactive ketones (excluding diaryl/α,β-unsaturated/α-hetero) is 1. The van der Waals surface area contributed by atoms with E-state index < -0.39 is 0 Å². The fourth-order valence-corrected chi connectivity index (χ4v) is 1.96. The van der Waals surface area contributed by atoms with Crippen LogP contribution < -0.4 is 0 Å². The van der Waals surface area contributed by atoms with Crippen LogP contribution in [-0.4, -0.2) is 5.78 Å². The molecular formula is C15H24O. The van der Waals surface area contributed by atoms with Crippen molar-refractivity contribution >= 4 is 5.78 Å². The average molecular weight is 220 g/mol. The second-order valence-electron chi connectivity index (χ2n) is 4.55. The fraction of sp³-hybridized carbons (Fsp3) is 0.667. The predicted molar refractivity (Wildman–Crippen MR) is 69.5 cm³/mol. The maximum atomic E-state index is 11.5. The third-order valence-electron chi connectivity index (χ3n) is 2.99. The molecule has 0 bridgehead atoms.